The molecular weight excluding hydrogens is 544 g/mol. The Labute approximate surface area is 248 Å². The molecule has 1 aliphatic heterocycles. The maximum atomic E-state index is 13.2. The van der Waals surface area contributed by atoms with Crippen molar-refractivity contribution in [2.75, 3.05) is 40.9 Å². The van der Waals surface area contributed by atoms with Crippen molar-refractivity contribution < 1.29 is 43.1 Å². The summed E-state index contributed by atoms with van der Waals surface area (Å²) in [5.41, 5.74) is 7.53. The third-order valence-corrected chi connectivity index (χ3v) is 7.37. The van der Waals surface area contributed by atoms with Gasteiger partial charge in [-0.2, -0.15) is 0 Å². The number of amides is 2. The lowest BCUT2D eigenvalue weighted by atomic mass is 9.87. The predicted octanol–water partition coefficient (Wildman–Crippen LogP) is 4.17. The minimum atomic E-state index is -0.967. The van der Waals surface area contributed by atoms with Gasteiger partial charge < -0.3 is 44.6 Å². The van der Waals surface area contributed by atoms with E-state index in [1.807, 2.05) is 19.9 Å². The van der Waals surface area contributed by atoms with Crippen LogP contribution in [0.25, 0.3) is 0 Å². The lowest BCUT2D eigenvalue weighted by Gasteiger charge is -2.30. The Kier molecular flexibility index (Phi) is 13.4. The summed E-state index contributed by atoms with van der Waals surface area (Å²) in [6.45, 7) is 7.33. The number of primary amides is 1. The van der Waals surface area contributed by atoms with E-state index in [1.165, 1.54) is 21.3 Å². The van der Waals surface area contributed by atoms with Gasteiger partial charge in [0, 0.05) is 37.3 Å². The maximum absolute atomic E-state index is 13.2. The van der Waals surface area contributed by atoms with Crippen molar-refractivity contribution in [2.45, 2.75) is 65.0 Å². The number of ether oxygens (including phenoxy) is 6. The van der Waals surface area contributed by atoms with Crippen LogP contribution < -0.4 is 25.3 Å². The first-order chi connectivity index (χ1) is 19.9. The van der Waals surface area contributed by atoms with Crippen molar-refractivity contribution in [1.29, 1.82) is 0 Å². The molecule has 11 nitrogen and oxygen atoms in total. The number of methoxy groups -OCH3 is 5. The van der Waals surface area contributed by atoms with Crippen molar-refractivity contribution in [1.82, 2.24) is 0 Å². The highest BCUT2D eigenvalue weighted by molar-refractivity contribution is 6.04. The molecule has 0 aromatic heterocycles. The lowest BCUT2D eigenvalue weighted by Crippen LogP contribution is -2.37. The van der Waals surface area contributed by atoms with Gasteiger partial charge in [-0.3, -0.25) is 4.79 Å². The molecule has 0 aliphatic carbocycles. The number of hydrogen-bond donors (Lipinski definition) is 3. The van der Waals surface area contributed by atoms with Crippen LogP contribution in [0.4, 0.5) is 10.5 Å². The number of fused-ring (bicyclic) bond motifs is 2. The van der Waals surface area contributed by atoms with Crippen LogP contribution in [-0.2, 0) is 25.4 Å². The predicted molar refractivity (Wildman–Crippen MR) is 160 cm³/mol. The average molecular weight is 591 g/mol. The number of nitrogens with one attached hydrogen (secondary N) is 1. The van der Waals surface area contributed by atoms with Gasteiger partial charge in [0.05, 0.1) is 39.2 Å². The largest absolute Gasteiger partial charge is 0.494 e. The second-order valence-electron chi connectivity index (χ2n) is 10.5. The second kappa shape index (κ2) is 16.2. The highest BCUT2D eigenvalue weighted by Crippen LogP contribution is 2.45. The van der Waals surface area contributed by atoms with Crippen LogP contribution in [-0.4, -0.2) is 77.1 Å². The molecule has 0 fully saturated rings. The van der Waals surface area contributed by atoms with Gasteiger partial charge in [-0.05, 0) is 38.2 Å². The van der Waals surface area contributed by atoms with Crippen molar-refractivity contribution in [2.24, 2.45) is 17.6 Å². The summed E-state index contributed by atoms with van der Waals surface area (Å²) in [6.07, 6.45) is 3.73. The molecule has 1 aromatic carbocycles. The van der Waals surface area contributed by atoms with Gasteiger partial charge in [-0.25, -0.2) is 4.79 Å². The smallest absolute Gasteiger partial charge is 0.405 e. The summed E-state index contributed by atoms with van der Waals surface area (Å²) >= 11 is 0. The molecule has 0 spiro atoms. The number of carbonyl (C=O) groups excluding carboxylic acids is 2. The molecule has 234 valence electrons. The van der Waals surface area contributed by atoms with Crippen LogP contribution in [0.2, 0.25) is 0 Å². The van der Waals surface area contributed by atoms with E-state index in [0.717, 1.165) is 0 Å². The minimum Gasteiger partial charge on any atom is -0.494 e. The van der Waals surface area contributed by atoms with Crippen molar-refractivity contribution >= 4 is 17.7 Å². The number of rotatable bonds is 6. The molecule has 0 saturated carbocycles. The van der Waals surface area contributed by atoms with Crippen molar-refractivity contribution in [3.63, 3.8) is 0 Å². The van der Waals surface area contributed by atoms with Crippen LogP contribution in [0.3, 0.4) is 0 Å². The maximum Gasteiger partial charge on any atom is 0.405 e. The molecule has 2 bridgehead atoms. The molecule has 0 saturated heterocycles. The Bertz CT molecular complexity index is 1180. The molecular formula is C31H46N2O9. The fourth-order valence-corrected chi connectivity index (χ4v) is 5.17. The Hall–Kier alpha value is -3.54. The topological polar surface area (TPSA) is 148 Å². The highest BCUT2D eigenvalue weighted by atomic mass is 16.6. The molecule has 1 heterocycles. The van der Waals surface area contributed by atoms with E-state index >= 15 is 0 Å². The number of allylic oxidation sites excluding steroid dienone is 2. The van der Waals surface area contributed by atoms with Crippen molar-refractivity contribution in [3.8, 4) is 17.2 Å². The van der Waals surface area contributed by atoms with Gasteiger partial charge in [-0.1, -0.05) is 38.2 Å². The van der Waals surface area contributed by atoms with E-state index in [2.05, 4.69) is 5.32 Å². The summed E-state index contributed by atoms with van der Waals surface area (Å²) in [5.74, 6) is 0.616. The van der Waals surface area contributed by atoms with Crippen LogP contribution in [0.15, 0.2) is 41.5 Å². The van der Waals surface area contributed by atoms with Gasteiger partial charge in [0.15, 0.2) is 17.6 Å². The molecule has 2 amide bonds. The number of nitrogens with two attached hydrogens (primary N) is 1. The summed E-state index contributed by atoms with van der Waals surface area (Å²) in [4.78, 5) is 25.0. The summed E-state index contributed by atoms with van der Waals surface area (Å²) in [5, 5.41) is 14.2. The van der Waals surface area contributed by atoms with Gasteiger partial charge in [0.25, 0.3) is 5.91 Å². The molecule has 1 aromatic rings. The van der Waals surface area contributed by atoms with E-state index in [9.17, 15) is 14.7 Å². The zero-order valence-electron chi connectivity index (χ0n) is 26.1. The van der Waals surface area contributed by atoms with Crippen LogP contribution in [0.1, 0.15) is 39.7 Å². The van der Waals surface area contributed by atoms with E-state index in [1.54, 1.807) is 52.4 Å². The summed E-state index contributed by atoms with van der Waals surface area (Å²) in [6, 6.07) is 1.65. The molecule has 4 N–H and O–H groups in total. The van der Waals surface area contributed by atoms with Crippen molar-refractivity contribution in [3.05, 3.63) is 47.1 Å². The fraction of sp³-hybridized carbons (Fsp3) is 0.548. The van der Waals surface area contributed by atoms with E-state index in [-0.39, 0.29) is 17.7 Å². The Morgan fingerprint density at radius 3 is 2.24 bits per heavy atom. The quantitative estimate of drug-likeness (QED) is 0.415. The second-order valence-corrected chi connectivity index (χ2v) is 10.5. The Morgan fingerprint density at radius 2 is 1.69 bits per heavy atom. The number of carbonyl (C=O) groups is 2. The number of aliphatic hydroxyl groups excluding tert-OH is 1. The van der Waals surface area contributed by atoms with Crippen LogP contribution >= 0.6 is 0 Å². The monoisotopic (exact) mass is 590 g/mol. The Morgan fingerprint density at radius 1 is 1.02 bits per heavy atom. The summed E-state index contributed by atoms with van der Waals surface area (Å²) < 4.78 is 33.8. The SMILES string of the molecule is COc1cc2c(OC)c(c1OC)C[C@@H](C)C[C@H](OC)[C@H](O)[C@@H](C)/C=C(\C)[C@@H](OC(N)=O)[C@@H](OC)/C=C\C=C(/C)C(=O)N2. The first-order valence-corrected chi connectivity index (χ1v) is 13.8. The Balaban J connectivity index is 2.72. The van der Waals surface area contributed by atoms with Gasteiger partial charge >= 0.3 is 6.09 Å². The lowest BCUT2D eigenvalue weighted by molar-refractivity contribution is -0.112. The minimum absolute atomic E-state index is 0.0166. The van der Waals surface area contributed by atoms with E-state index in [0.29, 0.717) is 52.5 Å². The third kappa shape index (κ3) is 8.73. The molecule has 1 aliphatic rings. The average Bonchev–Trinajstić information content (AvgIpc) is 2.95. The molecule has 42 heavy (non-hydrogen) atoms. The normalized spacial score (nSPS) is 29.2. The number of hydrogen-bond acceptors (Lipinski definition) is 9. The first kappa shape index (κ1) is 34.7. The van der Waals surface area contributed by atoms with E-state index < -0.39 is 30.5 Å². The molecule has 6 atom stereocenters. The third-order valence-electron chi connectivity index (χ3n) is 7.37. The highest BCUT2D eigenvalue weighted by Gasteiger charge is 2.30. The molecule has 0 radical (unpaired) electrons. The molecule has 11 heteroatoms. The zero-order valence-corrected chi connectivity index (χ0v) is 26.1. The molecule has 0 unspecified atom stereocenters. The van der Waals surface area contributed by atoms with E-state index in [4.69, 9.17) is 34.2 Å². The number of anilines is 1. The van der Waals surface area contributed by atoms with Gasteiger partial charge in [-0.15, -0.1) is 0 Å². The molecule has 2 rings (SSSR count). The zero-order chi connectivity index (χ0) is 31.6. The van der Waals surface area contributed by atoms with Gasteiger partial charge in [0.1, 0.15) is 11.9 Å². The summed E-state index contributed by atoms with van der Waals surface area (Å²) in [7, 11) is 7.63. The number of aliphatic hydroxyl groups is 1. The van der Waals surface area contributed by atoms with Crippen LogP contribution in [0.5, 0.6) is 17.2 Å². The number of benzene rings is 1. The first-order valence-electron chi connectivity index (χ1n) is 13.8. The standard InChI is InChI=1S/C31H46N2O9/c1-17-13-21-28(40-8)22(16-25(39-7)29(21)41-9)33-30(35)18(2)11-10-12-23(37-5)27(42-31(32)36)20(4)15-19(3)26(34)24(14-17)38-6/h10-12,15-17,19,23-24,26-27,34H,13-14H2,1-9H3,(H2,32,36)(H,33,35)/b12-10-,18-11+,20-15+/t17-,19+,23+,24+,26-,27-/m1/s1. The van der Waals surface area contributed by atoms with Crippen LogP contribution in [0, 0.1) is 11.8 Å². The fourth-order valence-electron chi connectivity index (χ4n) is 5.17. The van der Waals surface area contributed by atoms with Gasteiger partial charge in [0.2, 0.25) is 0 Å².